The van der Waals surface area contributed by atoms with Crippen molar-refractivity contribution in [2.45, 2.75) is 59.3 Å². The average Bonchev–Trinajstić information content (AvgIpc) is 2.37. The van der Waals surface area contributed by atoms with Crippen molar-refractivity contribution in [1.29, 1.82) is 5.26 Å². The molecule has 0 aromatic carbocycles. The number of hydrogen-bond donors (Lipinski definition) is 0. The first-order valence-electron chi connectivity index (χ1n) is 7.04. The maximum Gasteiger partial charge on any atom is 0.141 e. The summed E-state index contributed by atoms with van der Waals surface area (Å²) in [4.78, 5) is 0. The summed E-state index contributed by atoms with van der Waals surface area (Å²) in [7, 11) is -1.22. The van der Waals surface area contributed by atoms with Crippen LogP contribution in [0.25, 0.3) is 0 Å². The Bertz CT molecular complexity index is 221. The van der Waals surface area contributed by atoms with Gasteiger partial charge in [0.2, 0.25) is 0 Å². The van der Waals surface area contributed by atoms with E-state index in [2.05, 4.69) is 26.8 Å². The van der Waals surface area contributed by atoms with Gasteiger partial charge < -0.3 is 0 Å². The number of unbranched alkanes of at least 4 members (excludes halogenated alkanes) is 3. The summed E-state index contributed by atoms with van der Waals surface area (Å²) in [5, 5.41) is 8.72. The van der Waals surface area contributed by atoms with Crippen LogP contribution in [0.3, 0.4) is 0 Å². The first kappa shape index (κ1) is 16.6. The van der Waals surface area contributed by atoms with Crippen molar-refractivity contribution < 1.29 is 0 Å². The van der Waals surface area contributed by atoms with E-state index in [1.54, 1.807) is 0 Å². The Kier molecular flexibility index (Phi) is 10.5. The first-order chi connectivity index (χ1) is 8.24. The highest BCUT2D eigenvalue weighted by Gasteiger charge is 2.35. The molecule has 0 N–H and O–H groups in total. The quantitative estimate of drug-likeness (QED) is 0.403. The molecule has 0 fully saturated rings. The van der Waals surface area contributed by atoms with E-state index in [-0.39, 0.29) is 0 Å². The van der Waals surface area contributed by atoms with E-state index in [9.17, 15) is 0 Å². The molecule has 0 aliphatic heterocycles. The van der Waals surface area contributed by atoms with Crippen molar-refractivity contribution in [3.05, 3.63) is 0 Å². The predicted molar refractivity (Wildman–Crippen MR) is 80.4 cm³/mol. The van der Waals surface area contributed by atoms with Crippen molar-refractivity contribution in [2.24, 2.45) is 4.76 Å². The summed E-state index contributed by atoms with van der Waals surface area (Å²) in [6.07, 6.45) is 12.8. The Balaban J connectivity index is 4.64. The van der Waals surface area contributed by atoms with Crippen LogP contribution in [0, 0.1) is 11.3 Å². The smallest absolute Gasteiger partial charge is 0.141 e. The Morgan fingerprint density at radius 2 is 1.35 bits per heavy atom. The average molecular weight is 255 g/mol. The van der Waals surface area contributed by atoms with Crippen LogP contribution in [0.1, 0.15) is 59.3 Å². The fraction of sp³-hybridized carbons (Fsp3) is 0.857. The molecule has 0 aliphatic rings. The summed E-state index contributed by atoms with van der Waals surface area (Å²) >= 11 is 0. The minimum atomic E-state index is -1.22. The van der Waals surface area contributed by atoms with Crippen LogP contribution in [-0.2, 0) is 0 Å². The minimum absolute atomic E-state index is 1.22. The van der Waals surface area contributed by atoms with Gasteiger partial charge in [-0.3, -0.25) is 0 Å². The van der Waals surface area contributed by atoms with Gasteiger partial charge in [-0.15, -0.1) is 4.76 Å². The molecule has 0 aromatic rings. The van der Waals surface area contributed by atoms with Gasteiger partial charge in [-0.25, -0.2) is 0 Å². The standard InChI is InChI=1S/C14H28N2P/c1-4-7-12-17(13-8-5-2,14-9-6-3)16-11-10-15/h11H,4-9,12-14H2,1-3H3/q+1. The van der Waals surface area contributed by atoms with Crippen molar-refractivity contribution in [2.75, 3.05) is 18.5 Å². The topological polar surface area (TPSA) is 36.1 Å². The normalized spacial score (nSPS) is 11.9. The molecule has 0 saturated heterocycles. The molecule has 0 amide bonds. The second-order valence-corrected chi connectivity index (χ2v) is 8.46. The third-order valence-electron chi connectivity index (χ3n) is 3.14. The monoisotopic (exact) mass is 255 g/mol. The molecule has 0 bridgehead atoms. The van der Waals surface area contributed by atoms with Crippen LogP contribution in [0.2, 0.25) is 0 Å². The summed E-state index contributed by atoms with van der Waals surface area (Å²) in [5.74, 6) is 0. The molecule has 0 aromatic heterocycles. The van der Waals surface area contributed by atoms with Crippen LogP contribution < -0.4 is 0 Å². The second-order valence-electron chi connectivity index (χ2n) is 4.70. The Morgan fingerprint density at radius 1 is 0.941 bits per heavy atom. The lowest BCUT2D eigenvalue weighted by Gasteiger charge is -2.21. The summed E-state index contributed by atoms with van der Waals surface area (Å²) in [6.45, 7) is 6.72. The molecular formula is C14H28N2P+. The van der Waals surface area contributed by atoms with Gasteiger partial charge in [-0.1, -0.05) is 40.0 Å². The minimum Gasteiger partial charge on any atom is -0.191 e. The van der Waals surface area contributed by atoms with E-state index >= 15 is 0 Å². The maximum atomic E-state index is 8.72. The first-order valence-corrected chi connectivity index (χ1v) is 9.34. The van der Waals surface area contributed by atoms with Crippen LogP contribution in [0.5, 0.6) is 0 Å². The molecule has 0 spiro atoms. The molecule has 0 atom stereocenters. The lowest BCUT2D eigenvalue weighted by molar-refractivity contribution is 0.835. The molecule has 98 valence electrons. The molecule has 0 heterocycles. The third-order valence-corrected chi connectivity index (χ3v) is 7.20. The van der Waals surface area contributed by atoms with Gasteiger partial charge in [0.15, 0.2) is 0 Å². The molecular weight excluding hydrogens is 227 g/mol. The van der Waals surface area contributed by atoms with E-state index in [1.807, 2.05) is 0 Å². The molecule has 0 aliphatic carbocycles. The van der Waals surface area contributed by atoms with Crippen molar-refractivity contribution in [1.82, 2.24) is 0 Å². The zero-order valence-electron chi connectivity index (χ0n) is 11.8. The molecule has 0 rings (SSSR count). The van der Waals surface area contributed by atoms with Crippen molar-refractivity contribution in [3.63, 3.8) is 0 Å². The highest BCUT2D eigenvalue weighted by Crippen LogP contribution is 2.62. The number of nitrogens with zero attached hydrogens (tertiary/aromatic N) is 2. The van der Waals surface area contributed by atoms with Crippen molar-refractivity contribution >= 4 is 13.6 Å². The Hall–Kier alpha value is -0.410. The Morgan fingerprint density at radius 3 is 1.65 bits per heavy atom. The van der Waals surface area contributed by atoms with Gasteiger partial charge in [0.05, 0.1) is 18.5 Å². The van der Waals surface area contributed by atoms with Gasteiger partial charge in [-0.05, 0) is 19.3 Å². The second kappa shape index (κ2) is 10.7. The van der Waals surface area contributed by atoms with Crippen LogP contribution in [-0.4, -0.2) is 24.7 Å². The number of nitriles is 1. The van der Waals surface area contributed by atoms with E-state index < -0.39 is 7.41 Å². The SMILES string of the molecule is CCCC[P+](CCCC)(CCCC)N=CC#N. The van der Waals surface area contributed by atoms with Gasteiger partial charge >= 0.3 is 0 Å². The van der Waals surface area contributed by atoms with E-state index in [0.717, 1.165) is 0 Å². The third kappa shape index (κ3) is 7.50. The highest BCUT2D eigenvalue weighted by molar-refractivity contribution is 7.74. The van der Waals surface area contributed by atoms with Gasteiger partial charge in [-0.2, -0.15) is 5.26 Å². The van der Waals surface area contributed by atoms with Crippen LogP contribution in [0.15, 0.2) is 4.76 Å². The largest absolute Gasteiger partial charge is 0.191 e. The van der Waals surface area contributed by atoms with Crippen molar-refractivity contribution in [3.8, 4) is 6.07 Å². The molecule has 0 radical (unpaired) electrons. The lowest BCUT2D eigenvalue weighted by atomic mass is 10.4. The molecule has 0 saturated carbocycles. The fourth-order valence-corrected chi connectivity index (χ4v) is 6.04. The highest BCUT2D eigenvalue weighted by atomic mass is 31.2. The van der Waals surface area contributed by atoms with Gasteiger partial charge in [0.1, 0.15) is 19.7 Å². The van der Waals surface area contributed by atoms with Gasteiger partial charge in [0, 0.05) is 0 Å². The summed E-state index contributed by atoms with van der Waals surface area (Å²) < 4.78 is 4.71. The van der Waals surface area contributed by atoms with E-state index in [4.69, 9.17) is 10.0 Å². The zero-order chi connectivity index (χ0) is 13.0. The summed E-state index contributed by atoms with van der Waals surface area (Å²) in [5.41, 5.74) is 0. The van der Waals surface area contributed by atoms with Crippen LogP contribution in [0.4, 0.5) is 0 Å². The molecule has 0 unspecified atom stereocenters. The molecule has 17 heavy (non-hydrogen) atoms. The summed E-state index contributed by atoms with van der Waals surface area (Å²) in [6, 6.07) is 2.09. The lowest BCUT2D eigenvalue weighted by Crippen LogP contribution is -2.07. The Labute approximate surface area is 108 Å². The van der Waals surface area contributed by atoms with E-state index in [0.29, 0.717) is 0 Å². The van der Waals surface area contributed by atoms with Gasteiger partial charge in [0.25, 0.3) is 0 Å². The fourth-order valence-electron chi connectivity index (χ4n) is 2.01. The maximum absolute atomic E-state index is 8.72. The van der Waals surface area contributed by atoms with E-state index in [1.165, 1.54) is 63.2 Å². The zero-order valence-corrected chi connectivity index (χ0v) is 12.7. The predicted octanol–water partition coefficient (Wildman–Crippen LogP) is 4.91. The molecule has 2 nitrogen and oxygen atoms in total. The number of hydrogen-bond acceptors (Lipinski definition) is 2. The number of rotatable bonds is 10. The van der Waals surface area contributed by atoms with Crippen LogP contribution >= 0.6 is 7.41 Å². The molecule has 3 heteroatoms.